The Labute approximate surface area is 166 Å². The largest absolute Gasteiger partial charge is 0.430 e. The summed E-state index contributed by atoms with van der Waals surface area (Å²) in [6.07, 6.45) is 15.8. The summed E-state index contributed by atoms with van der Waals surface area (Å²) in [6, 6.07) is 0. The molecule has 5 rings (SSSR count). The lowest BCUT2D eigenvalue weighted by Gasteiger charge is -2.65. The van der Waals surface area contributed by atoms with E-state index in [4.69, 9.17) is 9.47 Å². The maximum Gasteiger partial charge on any atom is 0.340 e. The Hall–Kier alpha value is -2.10. The molecule has 4 unspecified atom stereocenters. The molecular weight excluding hydrogens is 352 g/mol. The molecule has 1 saturated heterocycles. The normalized spacial score (nSPS) is 40.6. The van der Waals surface area contributed by atoms with Gasteiger partial charge in [0.15, 0.2) is 0 Å². The van der Waals surface area contributed by atoms with Crippen molar-refractivity contribution in [2.24, 2.45) is 22.7 Å². The molecule has 4 heteroatoms. The lowest BCUT2D eigenvalue weighted by Crippen LogP contribution is -2.67. The van der Waals surface area contributed by atoms with Crippen LogP contribution >= 0.6 is 0 Å². The average Bonchev–Trinajstić information content (AvgIpc) is 3.13. The van der Waals surface area contributed by atoms with Crippen LogP contribution in [0.25, 0.3) is 0 Å². The predicted octanol–water partition coefficient (Wildman–Crippen LogP) is 5.13. The van der Waals surface area contributed by atoms with Crippen LogP contribution < -0.4 is 0 Å². The van der Waals surface area contributed by atoms with Gasteiger partial charge < -0.3 is 9.47 Å². The molecule has 5 aliphatic rings. The highest BCUT2D eigenvalue weighted by Gasteiger charge is 2.82. The fourth-order valence-corrected chi connectivity index (χ4v) is 6.60. The number of unbranched alkanes of at least 4 members (excludes halogenated alkanes) is 2. The molecule has 0 radical (unpaired) electrons. The number of allylic oxidation sites excluding steroid dienone is 5. The van der Waals surface area contributed by atoms with Crippen molar-refractivity contribution in [2.45, 2.75) is 65.2 Å². The van der Waals surface area contributed by atoms with E-state index in [0.717, 1.165) is 74.0 Å². The summed E-state index contributed by atoms with van der Waals surface area (Å²) in [5.41, 5.74) is 0.958. The molecule has 0 aromatic heterocycles. The van der Waals surface area contributed by atoms with E-state index in [2.05, 4.69) is 38.2 Å². The van der Waals surface area contributed by atoms with Crippen LogP contribution in [-0.4, -0.2) is 11.9 Å². The number of carbonyl (C=O) groups is 2. The molecule has 4 nitrogen and oxygen atoms in total. The molecule has 0 amide bonds. The van der Waals surface area contributed by atoms with Crippen LogP contribution in [0.15, 0.2) is 47.0 Å². The second-order valence-corrected chi connectivity index (χ2v) is 8.79. The van der Waals surface area contributed by atoms with Crippen molar-refractivity contribution in [1.82, 2.24) is 0 Å². The van der Waals surface area contributed by atoms with Crippen LogP contribution in [0, 0.1) is 22.7 Å². The van der Waals surface area contributed by atoms with E-state index in [1.807, 2.05) is 0 Å². The van der Waals surface area contributed by atoms with Crippen LogP contribution in [0.2, 0.25) is 0 Å². The number of rotatable bonds is 4. The molecule has 0 N–H and O–H groups in total. The molecule has 0 spiro atoms. The van der Waals surface area contributed by atoms with Crippen LogP contribution in [0.5, 0.6) is 0 Å². The molecule has 2 heterocycles. The second kappa shape index (κ2) is 6.20. The average molecular weight is 380 g/mol. The summed E-state index contributed by atoms with van der Waals surface area (Å²) in [6.45, 7) is 4.25. The van der Waals surface area contributed by atoms with Gasteiger partial charge in [-0.2, -0.15) is 0 Å². The van der Waals surface area contributed by atoms with Crippen molar-refractivity contribution in [3.63, 3.8) is 0 Å². The van der Waals surface area contributed by atoms with Gasteiger partial charge in [0.05, 0.1) is 5.41 Å². The standard InChI is InChI=1S/C24H28O4/c1-3-5-9-17-15-11-12-16-20(19(15)21(25)27-17)24-14-8-7-13-23(16,24)22(26)28-18(24)10-6-4-2/h7,9-10,13,16,20H,3-6,8,11-12,14H2,1-2H3. The van der Waals surface area contributed by atoms with Crippen LogP contribution in [0.3, 0.4) is 0 Å². The van der Waals surface area contributed by atoms with Crippen molar-refractivity contribution in [3.8, 4) is 0 Å². The first-order valence-electron chi connectivity index (χ1n) is 10.9. The number of cyclic esters (lactones) is 2. The van der Waals surface area contributed by atoms with Crippen LogP contribution in [0.4, 0.5) is 0 Å². The molecule has 3 aliphatic carbocycles. The zero-order valence-corrected chi connectivity index (χ0v) is 16.8. The van der Waals surface area contributed by atoms with Crippen molar-refractivity contribution in [3.05, 3.63) is 47.0 Å². The molecular formula is C24H28O4. The summed E-state index contributed by atoms with van der Waals surface area (Å²) in [5, 5.41) is 0. The van der Waals surface area contributed by atoms with Crippen molar-refractivity contribution in [2.75, 3.05) is 0 Å². The number of hydrogen-bond donors (Lipinski definition) is 0. The highest BCUT2D eigenvalue weighted by Crippen LogP contribution is 2.80. The Morgan fingerprint density at radius 2 is 1.93 bits per heavy atom. The third-order valence-electron chi connectivity index (χ3n) is 7.62. The summed E-state index contributed by atoms with van der Waals surface area (Å²) in [7, 11) is 0. The summed E-state index contributed by atoms with van der Waals surface area (Å²) in [4.78, 5) is 26.1. The SMILES string of the molecule is CCCC=C1OC(=O)C2=C1CCC1C2C23CCC=CC12C(=O)OC3=CCCC. The Morgan fingerprint density at radius 3 is 2.71 bits per heavy atom. The molecule has 0 aromatic rings. The summed E-state index contributed by atoms with van der Waals surface area (Å²) >= 11 is 0. The fraction of sp³-hybridized carbons (Fsp3) is 0.583. The molecule has 0 aromatic carbocycles. The van der Waals surface area contributed by atoms with Gasteiger partial charge >= 0.3 is 11.9 Å². The van der Waals surface area contributed by atoms with Gasteiger partial charge in [0.2, 0.25) is 0 Å². The number of carbonyl (C=O) groups excluding carboxylic acids is 2. The number of fused-ring (bicyclic) bond motifs is 2. The number of hydrogen-bond acceptors (Lipinski definition) is 4. The van der Waals surface area contributed by atoms with Gasteiger partial charge in [0.1, 0.15) is 16.9 Å². The van der Waals surface area contributed by atoms with E-state index < -0.39 is 5.41 Å². The van der Waals surface area contributed by atoms with Gasteiger partial charge in [-0.25, -0.2) is 4.79 Å². The highest BCUT2D eigenvalue weighted by molar-refractivity contribution is 5.98. The second-order valence-electron chi connectivity index (χ2n) is 8.79. The van der Waals surface area contributed by atoms with E-state index in [1.165, 1.54) is 0 Å². The molecule has 4 atom stereocenters. The van der Waals surface area contributed by atoms with E-state index >= 15 is 0 Å². The zero-order chi connectivity index (χ0) is 19.5. The minimum absolute atomic E-state index is 0.0378. The van der Waals surface area contributed by atoms with Crippen molar-refractivity contribution in [1.29, 1.82) is 0 Å². The Morgan fingerprint density at radius 1 is 1.14 bits per heavy atom. The third-order valence-corrected chi connectivity index (χ3v) is 7.62. The van der Waals surface area contributed by atoms with Crippen LogP contribution in [0.1, 0.15) is 65.2 Å². The molecule has 2 fully saturated rings. The fourth-order valence-electron chi connectivity index (χ4n) is 6.60. The zero-order valence-electron chi connectivity index (χ0n) is 16.8. The van der Waals surface area contributed by atoms with Gasteiger partial charge in [-0.05, 0) is 56.6 Å². The predicted molar refractivity (Wildman–Crippen MR) is 105 cm³/mol. The molecule has 0 bridgehead atoms. The first kappa shape index (κ1) is 18.0. The van der Waals surface area contributed by atoms with E-state index in [9.17, 15) is 9.59 Å². The molecule has 1 saturated carbocycles. The van der Waals surface area contributed by atoms with E-state index in [-0.39, 0.29) is 29.2 Å². The Bertz CT molecular complexity index is 873. The first-order valence-corrected chi connectivity index (χ1v) is 10.9. The van der Waals surface area contributed by atoms with E-state index in [0.29, 0.717) is 0 Å². The van der Waals surface area contributed by atoms with Crippen LogP contribution in [-0.2, 0) is 19.1 Å². The third kappa shape index (κ3) is 1.92. The topological polar surface area (TPSA) is 52.6 Å². The Kier molecular flexibility index (Phi) is 3.98. The minimum Gasteiger partial charge on any atom is -0.430 e. The quantitative estimate of drug-likeness (QED) is 0.501. The van der Waals surface area contributed by atoms with Crippen molar-refractivity contribution >= 4 is 11.9 Å². The summed E-state index contributed by atoms with van der Waals surface area (Å²) in [5.74, 6) is 1.46. The van der Waals surface area contributed by atoms with Gasteiger partial charge in [0, 0.05) is 17.1 Å². The highest BCUT2D eigenvalue weighted by atomic mass is 16.6. The molecule has 2 aliphatic heterocycles. The van der Waals surface area contributed by atoms with Gasteiger partial charge in [0.25, 0.3) is 0 Å². The monoisotopic (exact) mass is 380 g/mol. The first-order chi connectivity index (χ1) is 13.6. The molecule has 148 valence electrons. The number of esters is 2. The number of ether oxygens (including phenoxy) is 2. The Balaban J connectivity index is 1.66. The smallest absolute Gasteiger partial charge is 0.340 e. The van der Waals surface area contributed by atoms with Gasteiger partial charge in [-0.1, -0.05) is 38.8 Å². The van der Waals surface area contributed by atoms with Crippen molar-refractivity contribution < 1.29 is 19.1 Å². The van der Waals surface area contributed by atoms with E-state index in [1.54, 1.807) is 0 Å². The maximum atomic E-state index is 13.1. The maximum absolute atomic E-state index is 13.1. The van der Waals surface area contributed by atoms with Gasteiger partial charge in [-0.3, -0.25) is 4.79 Å². The minimum atomic E-state index is -0.579. The molecule has 28 heavy (non-hydrogen) atoms. The summed E-state index contributed by atoms with van der Waals surface area (Å²) < 4.78 is 11.6. The van der Waals surface area contributed by atoms with Gasteiger partial charge in [-0.15, -0.1) is 0 Å². The lowest BCUT2D eigenvalue weighted by atomic mass is 9.33. The lowest BCUT2D eigenvalue weighted by molar-refractivity contribution is -0.171.